The maximum atomic E-state index is 14.9. The van der Waals surface area contributed by atoms with Gasteiger partial charge < -0.3 is 0 Å². The van der Waals surface area contributed by atoms with Crippen LogP contribution in [0.1, 0.15) is 173 Å². The Balaban J connectivity index is 0.820. The number of carbonyl (C=O) groups excluding carboxylic acids is 8. The van der Waals surface area contributed by atoms with Gasteiger partial charge >= 0.3 is 0 Å². The summed E-state index contributed by atoms with van der Waals surface area (Å²) in [5, 5.41) is 0.0450. The molecule has 6 atom stereocenters. The third kappa shape index (κ3) is 5.68. The molecule has 3 saturated carbocycles. The van der Waals surface area contributed by atoms with Gasteiger partial charge in [-0.15, -0.1) is 0 Å². The Kier molecular flexibility index (Phi) is 9.19. The van der Waals surface area contributed by atoms with Crippen molar-refractivity contribution in [2.24, 2.45) is 17.8 Å². The molecule has 2 aromatic heterocycles. The van der Waals surface area contributed by atoms with E-state index in [4.69, 9.17) is 0 Å². The van der Waals surface area contributed by atoms with E-state index in [1.807, 2.05) is 6.92 Å². The molecule has 17 heteroatoms. The maximum Gasteiger partial charge on any atom is 0.261 e. The molecule has 6 amide bonds. The van der Waals surface area contributed by atoms with Crippen molar-refractivity contribution in [3.05, 3.63) is 134 Å². The first kappa shape index (κ1) is 43.2. The van der Waals surface area contributed by atoms with Crippen LogP contribution in [-0.4, -0.2) is 89.4 Å². The van der Waals surface area contributed by atoms with Crippen LogP contribution in [0, 0.1) is 17.8 Å². The summed E-state index contributed by atoms with van der Waals surface area (Å²) >= 11 is 0. The average molecular weight is 954 g/mol. The number of H-pyrrole nitrogens is 1. The van der Waals surface area contributed by atoms with Crippen LogP contribution in [0.5, 0.6) is 0 Å². The van der Waals surface area contributed by atoms with Crippen molar-refractivity contribution in [3.63, 3.8) is 0 Å². The van der Waals surface area contributed by atoms with Gasteiger partial charge in [0.05, 0.1) is 50.7 Å². The van der Waals surface area contributed by atoms with Crippen molar-refractivity contribution in [1.29, 1.82) is 0 Å². The number of benzene rings is 4. The molecular formula is C54H43N5O12. The fraction of sp³-hybridized carbons (Fsp3) is 0.370. The lowest BCUT2D eigenvalue weighted by Gasteiger charge is -2.43. The molecule has 6 aromatic rings. The molecule has 3 aliphatic heterocycles. The SMILES string of the molecule is C[C@H]1CCCC[C@@H]1N1C(=O)c2cc3c(cc2C1=O)C(=O)C([C@H]1CCCC[C@@H]1N1C(=O)c2ccc4c5c(ccc(c25)C1=O)C(=O)N([C@H]1CCCC[C@@H]1n1c(=O)c2cc5c(=O)[nH]c(=O)c5cc2c1=O)C4=O)C3=O. The number of nitrogens with one attached hydrogen (secondary N) is 1. The standard InChI is InChI=1S/C54H43N5O12/c1-22-8-2-4-10-36(22)56-51(68)32-18-28-29(19-33(32)52(56)69)44(61)42(43(28)60)23-9-3-5-11-37(23)57-47(64)24-14-16-26-41-27(17-15-25(40(24)41)48(57)65)50(67)58(49(26)66)38-12-6-7-13-39(38)59-53(70)34-20-30-31(21-35(34)54(59)71)46(63)55-45(30)62/h14-23,36-39,42H,2-13H2,1H3,(H,55,62,63)/t22-,23-,36-,37-,38-,39-/m0/s1. The van der Waals surface area contributed by atoms with Gasteiger partial charge in [0, 0.05) is 56.2 Å². The highest BCUT2D eigenvalue weighted by atomic mass is 16.2. The number of aromatic amines is 1. The van der Waals surface area contributed by atoms with Gasteiger partial charge in [0.2, 0.25) is 0 Å². The van der Waals surface area contributed by atoms with E-state index in [1.54, 1.807) is 0 Å². The van der Waals surface area contributed by atoms with Crippen LogP contribution >= 0.6 is 0 Å². The molecule has 0 spiro atoms. The Morgan fingerprint density at radius 3 is 1.25 bits per heavy atom. The van der Waals surface area contributed by atoms with Gasteiger partial charge in [0.15, 0.2) is 11.6 Å². The topological polar surface area (TPSA) is 235 Å². The second kappa shape index (κ2) is 15.1. The maximum absolute atomic E-state index is 14.9. The van der Waals surface area contributed by atoms with Crippen molar-refractivity contribution >= 4 is 79.3 Å². The van der Waals surface area contributed by atoms with E-state index in [9.17, 15) is 57.5 Å². The van der Waals surface area contributed by atoms with Crippen molar-refractivity contribution in [2.75, 3.05) is 0 Å². The van der Waals surface area contributed by atoms with Crippen molar-refractivity contribution < 1.29 is 38.4 Å². The third-order valence-corrected chi connectivity index (χ3v) is 17.2. The molecule has 0 radical (unpaired) electrons. The molecular weight excluding hydrogens is 911 g/mol. The third-order valence-electron chi connectivity index (χ3n) is 17.2. The van der Waals surface area contributed by atoms with Gasteiger partial charge in [-0.25, -0.2) is 0 Å². The van der Waals surface area contributed by atoms with Gasteiger partial charge in [-0.3, -0.25) is 81.8 Å². The summed E-state index contributed by atoms with van der Waals surface area (Å²) in [6.45, 7) is 2.02. The fourth-order valence-electron chi connectivity index (χ4n) is 13.8. The molecule has 0 bridgehead atoms. The van der Waals surface area contributed by atoms with Crippen LogP contribution < -0.4 is 22.2 Å². The zero-order valence-corrected chi connectivity index (χ0v) is 38.3. The Morgan fingerprint density at radius 1 is 0.394 bits per heavy atom. The van der Waals surface area contributed by atoms with E-state index in [2.05, 4.69) is 4.98 Å². The van der Waals surface area contributed by atoms with Crippen LogP contribution in [0.4, 0.5) is 0 Å². The highest BCUT2D eigenvalue weighted by molar-refractivity contribution is 6.34. The van der Waals surface area contributed by atoms with E-state index in [0.717, 1.165) is 33.6 Å². The minimum Gasteiger partial charge on any atom is -0.293 e. The predicted molar refractivity (Wildman–Crippen MR) is 254 cm³/mol. The van der Waals surface area contributed by atoms with E-state index in [0.29, 0.717) is 44.9 Å². The molecule has 71 heavy (non-hydrogen) atoms. The summed E-state index contributed by atoms with van der Waals surface area (Å²) in [6, 6.07) is 7.85. The molecule has 0 saturated heterocycles. The zero-order chi connectivity index (χ0) is 49.2. The minimum absolute atomic E-state index is 0.0314. The average Bonchev–Trinajstić information content (AvgIpc) is 3.98. The Morgan fingerprint density at radius 2 is 0.775 bits per heavy atom. The highest BCUT2D eigenvalue weighted by Crippen LogP contribution is 2.47. The summed E-state index contributed by atoms with van der Waals surface area (Å²) < 4.78 is 1.03. The zero-order valence-electron chi connectivity index (χ0n) is 38.3. The van der Waals surface area contributed by atoms with Gasteiger partial charge in [-0.2, -0.15) is 0 Å². The van der Waals surface area contributed by atoms with E-state index in [1.165, 1.54) is 53.4 Å². The van der Waals surface area contributed by atoms with E-state index in [-0.39, 0.29) is 102 Å². The summed E-state index contributed by atoms with van der Waals surface area (Å²) in [4.78, 5) is 174. The number of Topliss-reactive ketones (excluding diaryl/α,β-unsaturated/α-hetero) is 2. The van der Waals surface area contributed by atoms with Gasteiger partial charge in [-0.1, -0.05) is 45.4 Å². The molecule has 356 valence electrons. The van der Waals surface area contributed by atoms with Crippen LogP contribution in [0.2, 0.25) is 0 Å². The number of fused-ring (bicyclic) bond motifs is 4. The monoisotopic (exact) mass is 953 g/mol. The lowest BCUT2D eigenvalue weighted by atomic mass is 9.73. The summed E-state index contributed by atoms with van der Waals surface area (Å²) in [7, 11) is 0. The van der Waals surface area contributed by atoms with Crippen LogP contribution in [0.3, 0.4) is 0 Å². The number of hydrogen-bond donors (Lipinski definition) is 1. The number of nitrogens with zero attached hydrogens (tertiary/aromatic N) is 4. The van der Waals surface area contributed by atoms with Crippen LogP contribution in [-0.2, 0) is 0 Å². The first-order valence-corrected chi connectivity index (χ1v) is 24.6. The molecule has 4 aromatic carbocycles. The summed E-state index contributed by atoms with van der Waals surface area (Å²) in [5.41, 5.74) is -2.35. The first-order valence-electron chi connectivity index (χ1n) is 24.6. The van der Waals surface area contributed by atoms with Crippen LogP contribution in [0.15, 0.2) is 67.7 Å². The number of imide groups is 3. The first-order chi connectivity index (χ1) is 34.2. The van der Waals surface area contributed by atoms with Crippen molar-refractivity contribution in [1.82, 2.24) is 24.3 Å². The van der Waals surface area contributed by atoms with Gasteiger partial charge in [-0.05, 0) is 98.9 Å². The normalized spacial score (nSPS) is 25.7. The number of hydrogen-bond acceptors (Lipinski definition) is 12. The Bertz CT molecular complexity index is 3610. The predicted octanol–water partition coefficient (Wildman–Crippen LogP) is 5.40. The Hall–Kier alpha value is -7.82. The molecule has 7 aliphatic rings. The van der Waals surface area contributed by atoms with E-state index >= 15 is 0 Å². The second-order valence-corrected chi connectivity index (χ2v) is 20.6. The number of amides is 6. The molecule has 4 aliphatic carbocycles. The highest BCUT2D eigenvalue weighted by Gasteiger charge is 2.53. The summed E-state index contributed by atoms with van der Waals surface area (Å²) in [6.07, 6.45) is 6.95. The van der Waals surface area contributed by atoms with Gasteiger partial charge in [0.25, 0.3) is 57.7 Å². The molecule has 13 rings (SSSR count). The second-order valence-electron chi connectivity index (χ2n) is 20.6. The largest absolute Gasteiger partial charge is 0.293 e. The van der Waals surface area contributed by atoms with Crippen LogP contribution in [0.25, 0.3) is 32.3 Å². The number of ketones is 2. The summed E-state index contributed by atoms with van der Waals surface area (Å²) in [5.74, 6) is -6.86. The molecule has 1 N–H and O–H groups in total. The lowest BCUT2D eigenvalue weighted by molar-refractivity contribution is 0.0337. The molecule has 3 fully saturated rings. The fourth-order valence-corrected chi connectivity index (χ4v) is 13.8. The number of rotatable bonds is 5. The molecule has 5 heterocycles. The number of aromatic nitrogens is 2. The molecule has 17 nitrogen and oxygen atoms in total. The number of carbonyl (C=O) groups is 8. The van der Waals surface area contributed by atoms with Gasteiger partial charge in [0.1, 0.15) is 0 Å². The molecule has 0 unspecified atom stereocenters. The quantitative estimate of drug-likeness (QED) is 0.169. The lowest BCUT2D eigenvalue weighted by Crippen LogP contribution is -2.55. The minimum atomic E-state index is -1.27. The smallest absolute Gasteiger partial charge is 0.261 e. The van der Waals surface area contributed by atoms with E-state index < -0.39 is 99.2 Å². The van der Waals surface area contributed by atoms with Crippen molar-refractivity contribution in [3.8, 4) is 0 Å². The van der Waals surface area contributed by atoms with Crippen molar-refractivity contribution in [2.45, 2.75) is 108 Å². The Labute approximate surface area is 401 Å².